The molecule has 4 saturated carbocycles. The summed E-state index contributed by atoms with van der Waals surface area (Å²) < 4.78 is 213. The molecule has 4 nitrogen and oxygen atoms in total. The van der Waals surface area contributed by atoms with E-state index in [1.165, 1.54) is 0 Å². The largest absolute Gasteiger partial charge is 0.371 e. The van der Waals surface area contributed by atoms with Gasteiger partial charge < -0.3 is 18.9 Å². The van der Waals surface area contributed by atoms with Gasteiger partial charge in [0.25, 0.3) is 0 Å². The molecule has 0 aromatic rings. The Morgan fingerprint density at radius 3 is 1.06 bits per heavy atom. The molecular formula is C16H11F13O4. The second kappa shape index (κ2) is 5.67. The van der Waals surface area contributed by atoms with Gasteiger partial charge in [-0.2, -0.15) is 43.9 Å². The Kier molecular flexibility index (Phi) is 4.06. The highest BCUT2D eigenvalue weighted by molar-refractivity contribution is 5.53. The van der Waals surface area contributed by atoms with Crippen molar-refractivity contribution in [3.8, 4) is 0 Å². The van der Waals surface area contributed by atoms with Crippen LogP contribution in [0.25, 0.3) is 0 Å². The van der Waals surface area contributed by atoms with Crippen molar-refractivity contribution in [3.05, 3.63) is 0 Å². The van der Waals surface area contributed by atoms with Crippen LogP contribution in [0, 0.1) is 0 Å². The fourth-order valence-corrected chi connectivity index (χ4v) is 5.05. The van der Waals surface area contributed by atoms with E-state index in [9.17, 15) is 8.78 Å². The highest BCUT2D eigenvalue weighted by atomic mass is 19.3. The average molecular weight is 514 g/mol. The zero-order valence-electron chi connectivity index (χ0n) is 15.6. The Labute approximate surface area is 174 Å². The van der Waals surface area contributed by atoms with Gasteiger partial charge in [-0.3, -0.25) is 0 Å². The first-order chi connectivity index (χ1) is 14.8. The molecule has 2 saturated heterocycles. The smallest absolute Gasteiger partial charge is 0.339 e. The van der Waals surface area contributed by atoms with E-state index in [1.807, 2.05) is 0 Å². The van der Waals surface area contributed by atoms with E-state index in [-0.39, 0.29) is 0 Å². The van der Waals surface area contributed by atoms with Crippen LogP contribution in [0.2, 0.25) is 0 Å². The molecule has 0 radical (unpaired) electrons. The normalized spacial score (nSPS) is 53.2. The minimum absolute atomic E-state index is 0.422. The molecule has 2 aliphatic heterocycles. The first-order valence-corrected chi connectivity index (χ1v) is 9.23. The summed E-state index contributed by atoms with van der Waals surface area (Å²) in [6.45, 7) is -4.03. The van der Waals surface area contributed by atoms with Crippen LogP contribution >= 0.6 is 0 Å². The number of halogens is 13. The molecule has 4 bridgehead atoms. The molecule has 190 valence electrons. The summed E-state index contributed by atoms with van der Waals surface area (Å²) in [5.41, 5.74) is -26.0. The van der Waals surface area contributed by atoms with Crippen LogP contribution in [-0.4, -0.2) is 97.0 Å². The predicted octanol–water partition coefficient (Wildman–Crippen LogP) is 3.27. The van der Waals surface area contributed by atoms with Crippen molar-refractivity contribution < 1.29 is 76.0 Å². The SMILES string of the molecule is FC1C2(OCC3CO3)C(F)(F)C3(F)C(F)(F)C1(OCC1CO1)C(F)(F)C(F)(C2(F)F)C3(F)F. The maximum absolute atomic E-state index is 15.5. The third-order valence-corrected chi connectivity index (χ3v) is 6.97. The lowest BCUT2D eigenvalue weighted by molar-refractivity contribution is -0.601. The molecule has 0 aromatic carbocycles. The van der Waals surface area contributed by atoms with Crippen LogP contribution in [0.15, 0.2) is 0 Å². The molecule has 0 N–H and O–H groups in total. The highest BCUT2D eigenvalue weighted by Gasteiger charge is 3.19. The molecule has 6 fully saturated rings. The number of hydrogen-bond acceptors (Lipinski definition) is 4. The predicted molar refractivity (Wildman–Crippen MR) is 74.2 cm³/mol. The summed E-state index contributed by atoms with van der Waals surface area (Å²) in [5, 5.41) is 0. The number of ether oxygens (including phenoxy) is 4. The molecule has 17 heteroatoms. The molecule has 6 aliphatic rings. The van der Waals surface area contributed by atoms with E-state index in [4.69, 9.17) is 0 Å². The van der Waals surface area contributed by atoms with Crippen molar-refractivity contribution >= 4 is 0 Å². The van der Waals surface area contributed by atoms with Gasteiger partial charge in [0, 0.05) is 0 Å². The van der Waals surface area contributed by atoms with Crippen LogP contribution in [0.5, 0.6) is 0 Å². The zero-order valence-corrected chi connectivity index (χ0v) is 15.6. The Morgan fingerprint density at radius 1 is 0.545 bits per heavy atom. The Balaban J connectivity index is 1.86. The highest BCUT2D eigenvalue weighted by Crippen LogP contribution is 2.86. The van der Waals surface area contributed by atoms with Crippen LogP contribution in [0.3, 0.4) is 0 Å². The van der Waals surface area contributed by atoms with Gasteiger partial charge in [-0.05, 0) is 0 Å². The molecule has 2 unspecified atom stereocenters. The number of rotatable bonds is 6. The van der Waals surface area contributed by atoms with Crippen molar-refractivity contribution in [1.82, 2.24) is 0 Å². The van der Waals surface area contributed by atoms with Crippen molar-refractivity contribution in [1.29, 1.82) is 0 Å². The number of hydrogen-bond donors (Lipinski definition) is 0. The molecule has 2 heterocycles. The minimum atomic E-state index is -7.47. The molecule has 0 aromatic heterocycles. The Morgan fingerprint density at radius 2 is 0.818 bits per heavy atom. The first-order valence-electron chi connectivity index (χ1n) is 9.23. The molecule has 2 atom stereocenters. The average Bonchev–Trinajstić information content (AvgIpc) is 3.57. The Bertz CT molecular complexity index is 784. The third-order valence-electron chi connectivity index (χ3n) is 6.97. The molecule has 4 aliphatic carbocycles. The van der Waals surface area contributed by atoms with E-state index < -0.39 is 97.0 Å². The topological polar surface area (TPSA) is 43.5 Å². The standard InChI is InChI=1S/C16H11F13O4/c17-7-8(32-3-5-1-30-5)12(20,21)10(18)14(24,25)9(7,33-4-6-2-31-6)15(26,27)11(19,13(8,22)23)16(10,28)29/h5-7H,1-4H2. The van der Waals surface area contributed by atoms with Gasteiger partial charge in [-0.1, -0.05) is 0 Å². The van der Waals surface area contributed by atoms with E-state index in [0.717, 1.165) is 0 Å². The van der Waals surface area contributed by atoms with Crippen molar-refractivity contribution in [2.24, 2.45) is 0 Å². The second-order valence-electron chi connectivity index (χ2n) is 8.56. The summed E-state index contributed by atoms with van der Waals surface area (Å²) in [6.07, 6.45) is -7.91. The zero-order chi connectivity index (χ0) is 24.9. The van der Waals surface area contributed by atoms with E-state index >= 15 is 48.3 Å². The van der Waals surface area contributed by atoms with Crippen molar-refractivity contribution in [2.75, 3.05) is 26.4 Å². The van der Waals surface area contributed by atoms with Crippen molar-refractivity contribution in [2.45, 2.75) is 70.5 Å². The van der Waals surface area contributed by atoms with Gasteiger partial charge in [0.05, 0.1) is 26.4 Å². The van der Waals surface area contributed by atoms with Crippen molar-refractivity contribution in [3.63, 3.8) is 0 Å². The number of alkyl halides is 13. The summed E-state index contributed by atoms with van der Waals surface area (Å²) >= 11 is 0. The monoisotopic (exact) mass is 514 g/mol. The van der Waals surface area contributed by atoms with Gasteiger partial charge in [0.1, 0.15) is 12.2 Å². The second-order valence-corrected chi connectivity index (χ2v) is 8.56. The number of epoxide rings is 2. The summed E-state index contributed by atoms with van der Waals surface area (Å²) in [7, 11) is 0. The van der Waals surface area contributed by atoms with Crippen LogP contribution < -0.4 is 0 Å². The molecular weight excluding hydrogens is 503 g/mol. The van der Waals surface area contributed by atoms with Gasteiger partial charge in [0.2, 0.25) is 11.2 Å². The van der Waals surface area contributed by atoms with Gasteiger partial charge in [-0.15, -0.1) is 0 Å². The fraction of sp³-hybridized carbons (Fsp3) is 1.00. The van der Waals surface area contributed by atoms with E-state index in [2.05, 4.69) is 18.9 Å². The quantitative estimate of drug-likeness (QED) is 0.404. The van der Waals surface area contributed by atoms with Gasteiger partial charge in [-0.25, -0.2) is 13.2 Å². The summed E-state index contributed by atoms with van der Waals surface area (Å²) in [4.78, 5) is 0. The molecule has 6 rings (SSSR count). The molecule has 33 heavy (non-hydrogen) atoms. The van der Waals surface area contributed by atoms with E-state index in [0.29, 0.717) is 0 Å². The van der Waals surface area contributed by atoms with Crippen LogP contribution in [0.4, 0.5) is 57.1 Å². The van der Waals surface area contributed by atoms with Crippen LogP contribution in [-0.2, 0) is 18.9 Å². The lowest BCUT2D eigenvalue weighted by Gasteiger charge is -2.75. The lowest BCUT2D eigenvalue weighted by atomic mass is 9.40. The lowest BCUT2D eigenvalue weighted by Crippen LogP contribution is -3.09. The molecule has 0 spiro atoms. The molecule has 0 amide bonds. The van der Waals surface area contributed by atoms with Gasteiger partial charge in [0.15, 0.2) is 6.17 Å². The first kappa shape index (κ1) is 23.7. The van der Waals surface area contributed by atoms with E-state index in [1.54, 1.807) is 0 Å². The summed E-state index contributed by atoms with van der Waals surface area (Å²) in [5.74, 6) is -35.3. The minimum Gasteiger partial charge on any atom is -0.371 e. The van der Waals surface area contributed by atoms with Crippen LogP contribution in [0.1, 0.15) is 0 Å². The fourth-order valence-electron chi connectivity index (χ4n) is 5.05. The maximum atomic E-state index is 15.5. The Hall–Kier alpha value is -1.07. The van der Waals surface area contributed by atoms with Gasteiger partial charge >= 0.3 is 41.0 Å². The summed E-state index contributed by atoms with van der Waals surface area (Å²) in [6, 6.07) is 0. The third kappa shape index (κ3) is 1.83. The maximum Gasteiger partial charge on any atom is 0.339 e.